The van der Waals surface area contributed by atoms with E-state index in [1.165, 1.54) is 18.2 Å². The molecule has 0 aromatic heterocycles. The first kappa shape index (κ1) is 24.0. The fourth-order valence-corrected chi connectivity index (χ4v) is 3.53. The molecule has 10 heteroatoms. The van der Waals surface area contributed by atoms with Crippen LogP contribution in [0.5, 0.6) is 0 Å². The second-order valence-electron chi connectivity index (χ2n) is 7.19. The average Bonchev–Trinajstić information content (AvgIpc) is 2.63. The van der Waals surface area contributed by atoms with Crippen LogP contribution in [-0.2, 0) is 27.4 Å². The second-order valence-corrected chi connectivity index (χ2v) is 9.62. The summed E-state index contributed by atoms with van der Waals surface area (Å²) in [5.74, 6) is -0.552. The van der Waals surface area contributed by atoms with E-state index >= 15 is 0 Å². The SMILES string of the molecule is CC(C)[C@H](Nc1ccc(C(F)(F)F)cc1Cl)C(=O)NCc1ccc(S(C)(=O)=O)cc1. The van der Waals surface area contributed by atoms with Gasteiger partial charge in [-0.1, -0.05) is 37.6 Å². The highest BCUT2D eigenvalue weighted by Gasteiger charge is 2.31. The third kappa shape index (κ3) is 6.37. The first-order chi connectivity index (χ1) is 13.8. The standard InChI is InChI=1S/C20H22ClF3N2O3S/c1-12(2)18(26-17-9-6-14(10-16(17)21)20(22,23)24)19(27)25-11-13-4-7-15(8-5-13)30(3,28)29/h4-10,12,18,26H,11H2,1-3H3,(H,25,27)/t18-/m0/s1. The van der Waals surface area contributed by atoms with Crippen LogP contribution in [-0.4, -0.2) is 26.6 Å². The van der Waals surface area contributed by atoms with Crippen molar-refractivity contribution in [2.75, 3.05) is 11.6 Å². The highest BCUT2D eigenvalue weighted by molar-refractivity contribution is 7.90. The maximum atomic E-state index is 12.8. The van der Waals surface area contributed by atoms with E-state index in [1.807, 2.05) is 0 Å². The largest absolute Gasteiger partial charge is 0.416 e. The van der Waals surface area contributed by atoms with Gasteiger partial charge in [0.2, 0.25) is 5.91 Å². The van der Waals surface area contributed by atoms with Crippen LogP contribution >= 0.6 is 11.6 Å². The molecule has 2 rings (SSSR count). The van der Waals surface area contributed by atoms with Crippen molar-refractivity contribution in [1.82, 2.24) is 5.32 Å². The molecule has 0 aliphatic carbocycles. The zero-order valence-electron chi connectivity index (χ0n) is 16.5. The van der Waals surface area contributed by atoms with Crippen molar-refractivity contribution in [3.8, 4) is 0 Å². The molecule has 1 atom stereocenters. The third-order valence-electron chi connectivity index (χ3n) is 4.37. The summed E-state index contributed by atoms with van der Waals surface area (Å²) in [6.07, 6.45) is -3.40. The van der Waals surface area contributed by atoms with Crippen LogP contribution in [0.2, 0.25) is 5.02 Å². The van der Waals surface area contributed by atoms with Crippen LogP contribution in [0.4, 0.5) is 18.9 Å². The van der Waals surface area contributed by atoms with Crippen LogP contribution in [0, 0.1) is 5.92 Å². The van der Waals surface area contributed by atoms with Gasteiger partial charge in [-0.25, -0.2) is 8.42 Å². The monoisotopic (exact) mass is 462 g/mol. The summed E-state index contributed by atoms with van der Waals surface area (Å²) in [7, 11) is -3.31. The molecule has 164 valence electrons. The highest BCUT2D eigenvalue weighted by atomic mass is 35.5. The first-order valence-electron chi connectivity index (χ1n) is 8.99. The molecule has 0 bridgehead atoms. The number of rotatable bonds is 7. The summed E-state index contributed by atoms with van der Waals surface area (Å²) < 4.78 is 61.4. The summed E-state index contributed by atoms with van der Waals surface area (Å²) in [5.41, 5.74) is 0.0444. The number of nitrogens with one attached hydrogen (secondary N) is 2. The Bertz CT molecular complexity index is 1010. The summed E-state index contributed by atoms with van der Waals surface area (Å²) >= 11 is 5.97. The zero-order chi connectivity index (χ0) is 22.7. The van der Waals surface area contributed by atoms with Crippen LogP contribution < -0.4 is 10.6 Å². The number of amides is 1. The number of benzene rings is 2. The van der Waals surface area contributed by atoms with Gasteiger partial charge in [-0.15, -0.1) is 0 Å². The lowest BCUT2D eigenvalue weighted by atomic mass is 10.0. The predicted octanol–water partition coefficient (Wildman–Crippen LogP) is 4.52. The zero-order valence-corrected chi connectivity index (χ0v) is 18.1. The molecule has 2 N–H and O–H groups in total. The molecule has 2 aromatic carbocycles. The van der Waals surface area contributed by atoms with Gasteiger partial charge >= 0.3 is 6.18 Å². The molecule has 0 radical (unpaired) electrons. The Balaban J connectivity index is 2.08. The predicted molar refractivity (Wildman–Crippen MR) is 110 cm³/mol. The smallest absolute Gasteiger partial charge is 0.372 e. The van der Waals surface area contributed by atoms with Crippen molar-refractivity contribution in [1.29, 1.82) is 0 Å². The number of hydrogen-bond acceptors (Lipinski definition) is 4. The third-order valence-corrected chi connectivity index (χ3v) is 5.82. The number of carbonyl (C=O) groups excluding carboxylic acids is 1. The van der Waals surface area contributed by atoms with E-state index < -0.39 is 27.6 Å². The molecule has 0 saturated carbocycles. The molecule has 0 heterocycles. The molecular weight excluding hydrogens is 441 g/mol. The lowest BCUT2D eigenvalue weighted by Crippen LogP contribution is -2.42. The maximum absolute atomic E-state index is 12.8. The topological polar surface area (TPSA) is 75.3 Å². The normalized spacial score (nSPS) is 13.2. The van der Waals surface area contributed by atoms with E-state index in [1.54, 1.807) is 26.0 Å². The Labute approximate surface area is 178 Å². The molecule has 0 aliphatic rings. The molecule has 1 amide bonds. The van der Waals surface area contributed by atoms with Gasteiger partial charge in [-0.3, -0.25) is 4.79 Å². The molecule has 0 saturated heterocycles. The molecule has 0 spiro atoms. The van der Waals surface area contributed by atoms with Crippen molar-refractivity contribution < 1.29 is 26.4 Å². The van der Waals surface area contributed by atoms with Crippen LogP contribution in [0.15, 0.2) is 47.4 Å². The van der Waals surface area contributed by atoms with Crippen molar-refractivity contribution >= 4 is 33.0 Å². The Hall–Kier alpha value is -2.26. The summed E-state index contributed by atoms with van der Waals surface area (Å²) in [5, 5.41) is 5.50. The summed E-state index contributed by atoms with van der Waals surface area (Å²) in [6, 6.07) is 8.26. The lowest BCUT2D eigenvalue weighted by molar-refractivity contribution is -0.137. The molecule has 5 nitrogen and oxygen atoms in total. The van der Waals surface area contributed by atoms with E-state index in [0.717, 1.165) is 18.4 Å². The summed E-state index contributed by atoms with van der Waals surface area (Å²) in [4.78, 5) is 12.8. The minimum atomic E-state index is -4.51. The van der Waals surface area contributed by atoms with E-state index in [9.17, 15) is 26.4 Å². The molecule has 0 aliphatic heterocycles. The minimum absolute atomic E-state index is 0.139. The fraction of sp³-hybridized carbons (Fsp3) is 0.350. The van der Waals surface area contributed by atoms with Crippen LogP contribution in [0.3, 0.4) is 0 Å². The average molecular weight is 463 g/mol. The van der Waals surface area contributed by atoms with Crippen molar-refractivity contribution in [2.45, 2.75) is 37.5 Å². The lowest BCUT2D eigenvalue weighted by Gasteiger charge is -2.24. The van der Waals surface area contributed by atoms with E-state index in [4.69, 9.17) is 11.6 Å². The second kappa shape index (κ2) is 9.26. The van der Waals surface area contributed by atoms with Crippen LogP contribution in [0.1, 0.15) is 25.0 Å². The molecule has 2 aromatic rings. The Kier molecular flexibility index (Phi) is 7.41. The van der Waals surface area contributed by atoms with Gasteiger partial charge in [-0.2, -0.15) is 13.2 Å². The van der Waals surface area contributed by atoms with Gasteiger partial charge in [0.15, 0.2) is 9.84 Å². The molecular formula is C20H22ClF3N2O3S. The van der Waals surface area contributed by atoms with Gasteiger partial charge in [0.25, 0.3) is 0 Å². The van der Waals surface area contributed by atoms with Gasteiger partial charge in [0, 0.05) is 12.8 Å². The van der Waals surface area contributed by atoms with Gasteiger partial charge < -0.3 is 10.6 Å². The van der Waals surface area contributed by atoms with Crippen molar-refractivity contribution in [3.05, 3.63) is 58.6 Å². The molecule has 30 heavy (non-hydrogen) atoms. The Morgan fingerprint density at radius 1 is 1.10 bits per heavy atom. The number of anilines is 1. The van der Waals surface area contributed by atoms with E-state index in [2.05, 4.69) is 10.6 Å². The number of halogens is 4. The quantitative estimate of drug-likeness (QED) is 0.634. The maximum Gasteiger partial charge on any atom is 0.416 e. The highest BCUT2D eigenvalue weighted by Crippen LogP contribution is 2.34. The Morgan fingerprint density at radius 2 is 1.70 bits per heavy atom. The van der Waals surface area contributed by atoms with Gasteiger partial charge in [0.1, 0.15) is 6.04 Å². The fourth-order valence-electron chi connectivity index (χ4n) is 2.66. The number of sulfone groups is 1. The number of carbonyl (C=O) groups is 1. The minimum Gasteiger partial charge on any atom is -0.372 e. The molecule has 0 fully saturated rings. The van der Waals surface area contributed by atoms with Crippen LogP contribution in [0.25, 0.3) is 0 Å². The van der Waals surface area contributed by atoms with Gasteiger partial charge in [-0.05, 0) is 41.8 Å². The Morgan fingerprint density at radius 3 is 2.17 bits per heavy atom. The summed E-state index contributed by atoms with van der Waals surface area (Å²) in [6.45, 7) is 3.74. The first-order valence-corrected chi connectivity index (χ1v) is 11.3. The van der Waals surface area contributed by atoms with Gasteiger partial charge in [0.05, 0.1) is 21.2 Å². The number of alkyl halides is 3. The van der Waals surface area contributed by atoms with E-state index in [-0.39, 0.29) is 34.0 Å². The molecule has 0 unspecified atom stereocenters. The van der Waals surface area contributed by atoms with Crippen molar-refractivity contribution in [3.63, 3.8) is 0 Å². The van der Waals surface area contributed by atoms with Crippen molar-refractivity contribution in [2.24, 2.45) is 5.92 Å². The number of hydrogen-bond donors (Lipinski definition) is 2. The van der Waals surface area contributed by atoms with E-state index in [0.29, 0.717) is 5.56 Å².